The third-order valence-electron chi connectivity index (χ3n) is 5.25. The molecule has 0 spiro atoms. The molecule has 1 saturated heterocycles. The molecule has 2 aliphatic rings. The van der Waals surface area contributed by atoms with Crippen molar-refractivity contribution in [2.75, 3.05) is 25.9 Å². The molecule has 2 nitrogen and oxygen atoms in total. The first-order valence-corrected chi connectivity index (χ1v) is 9.71. The summed E-state index contributed by atoms with van der Waals surface area (Å²) in [6, 6.07) is 1.42. The molecule has 0 aromatic rings. The highest BCUT2D eigenvalue weighted by molar-refractivity contribution is 8.00. The zero-order valence-electron chi connectivity index (χ0n) is 14.1. The lowest BCUT2D eigenvalue weighted by atomic mass is 9.82. The van der Waals surface area contributed by atoms with Gasteiger partial charge in [-0.05, 0) is 37.4 Å². The first kappa shape index (κ1) is 16.6. The van der Waals surface area contributed by atoms with Crippen molar-refractivity contribution in [2.45, 2.75) is 70.2 Å². The largest absolute Gasteiger partial charge is 0.311 e. The van der Waals surface area contributed by atoms with E-state index in [4.69, 9.17) is 0 Å². The second kappa shape index (κ2) is 7.02. The summed E-state index contributed by atoms with van der Waals surface area (Å²) in [5, 5.41) is 3.80. The van der Waals surface area contributed by atoms with Gasteiger partial charge in [-0.2, -0.15) is 11.8 Å². The molecule has 1 aliphatic heterocycles. The van der Waals surface area contributed by atoms with Gasteiger partial charge in [-0.1, -0.05) is 34.1 Å². The number of nitrogens with one attached hydrogen (secondary N) is 1. The van der Waals surface area contributed by atoms with E-state index in [-0.39, 0.29) is 0 Å². The van der Waals surface area contributed by atoms with Crippen molar-refractivity contribution >= 4 is 11.8 Å². The molecular weight excluding hydrogens is 264 g/mol. The summed E-state index contributed by atoms with van der Waals surface area (Å²) in [5.74, 6) is 1.55. The first-order valence-electron chi connectivity index (χ1n) is 8.48. The maximum atomic E-state index is 3.80. The molecule has 0 aromatic carbocycles. The minimum atomic E-state index is 0.576. The van der Waals surface area contributed by atoms with Crippen LogP contribution in [0.5, 0.6) is 0 Å². The number of rotatable bonds is 6. The Morgan fingerprint density at radius 1 is 1.25 bits per heavy atom. The number of nitrogens with zero attached hydrogens (tertiary/aromatic N) is 1. The minimum Gasteiger partial charge on any atom is -0.311 e. The smallest absolute Gasteiger partial charge is 0.0284 e. The fourth-order valence-electron chi connectivity index (χ4n) is 3.83. The quantitative estimate of drug-likeness (QED) is 0.806. The van der Waals surface area contributed by atoms with Crippen molar-refractivity contribution < 1.29 is 0 Å². The molecule has 2 fully saturated rings. The van der Waals surface area contributed by atoms with Crippen LogP contribution >= 0.6 is 11.8 Å². The predicted molar refractivity (Wildman–Crippen MR) is 91.5 cm³/mol. The van der Waals surface area contributed by atoms with Gasteiger partial charge in [-0.25, -0.2) is 0 Å². The van der Waals surface area contributed by atoms with Gasteiger partial charge in [-0.15, -0.1) is 0 Å². The molecule has 3 heteroatoms. The van der Waals surface area contributed by atoms with Crippen molar-refractivity contribution in [3.05, 3.63) is 0 Å². The van der Waals surface area contributed by atoms with E-state index in [2.05, 4.69) is 55.9 Å². The average molecular weight is 299 g/mol. The van der Waals surface area contributed by atoms with E-state index in [1.807, 2.05) is 0 Å². The minimum absolute atomic E-state index is 0.576. The van der Waals surface area contributed by atoms with Crippen LogP contribution in [0.3, 0.4) is 0 Å². The van der Waals surface area contributed by atoms with Crippen molar-refractivity contribution in [1.82, 2.24) is 10.2 Å². The van der Waals surface area contributed by atoms with Gasteiger partial charge in [0.05, 0.1) is 0 Å². The van der Waals surface area contributed by atoms with E-state index in [0.29, 0.717) is 10.8 Å². The number of hydrogen-bond donors (Lipinski definition) is 1. The SMILES string of the molecule is CSC1(CN2CC(CC(C)C)NCC2C(C)C)CCC1. The van der Waals surface area contributed by atoms with Crippen LogP contribution in [0.25, 0.3) is 0 Å². The molecule has 1 N–H and O–H groups in total. The van der Waals surface area contributed by atoms with Crippen LogP contribution in [-0.2, 0) is 0 Å². The van der Waals surface area contributed by atoms with E-state index in [1.165, 1.54) is 45.3 Å². The van der Waals surface area contributed by atoms with Crippen molar-refractivity contribution in [2.24, 2.45) is 11.8 Å². The average Bonchev–Trinajstić information content (AvgIpc) is 2.33. The van der Waals surface area contributed by atoms with Crippen LogP contribution in [-0.4, -0.2) is 47.6 Å². The summed E-state index contributed by atoms with van der Waals surface area (Å²) >= 11 is 2.12. The van der Waals surface area contributed by atoms with Crippen LogP contribution in [0.15, 0.2) is 0 Å². The van der Waals surface area contributed by atoms with Gasteiger partial charge in [0.1, 0.15) is 0 Å². The highest BCUT2D eigenvalue weighted by Gasteiger charge is 2.41. The predicted octanol–water partition coefficient (Wildman–Crippen LogP) is 3.62. The molecule has 20 heavy (non-hydrogen) atoms. The summed E-state index contributed by atoms with van der Waals surface area (Å²) in [7, 11) is 0. The molecular formula is C17H34N2S. The fourth-order valence-corrected chi connectivity index (χ4v) is 4.83. The Morgan fingerprint density at radius 3 is 2.40 bits per heavy atom. The van der Waals surface area contributed by atoms with Crippen molar-refractivity contribution in [3.63, 3.8) is 0 Å². The van der Waals surface area contributed by atoms with Crippen molar-refractivity contribution in [3.8, 4) is 0 Å². The third kappa shape index (κ3) is 3.92. The number of thioether (sulfide) groups is 1. The van der Waals surface area contributed by atoms with E-state index in [0.717, 1.165) is 17.9 Å². The highest BCUT2D eigenvalue weighted by atomic mass is 32.2. The Morgan fingerprint density at radius 2 is 1.95 bits per heavy atom. The molecule has 2 atom stereocenters. The first-order chi connectivity index (χ1) is 9.46. The summed E-state index contributed by atoms with van der Waals surface area (Å²) in [6.07, 6.45) is 7.93. The number of piperazine rings is 1. The van der Waals surface area contributed by atoms with Gasteiger partial charge in [0.2, 0.25) is 0 Å². The van der Waals surface area contributed by atoms with Crippen LogP contribution < -0.4 is 5.32 Å². The molecule has 118 valence electrons. The monoisotopic (exact) mass is 298 g/mol. The Balaban J connectivity index is 1.99. The second-order valence-corrected chi connectivity index (χ2v) is 8.99. The fraction of sp³-hybridized carbons (Fsp3) is 1.00. The van der Waals surface area contributed by atoms with Crippen LogP contribution in [0, 0.1) is 11.8 Å². The van der Waals surface area contributed by atoms with Crippen molar-refractivity contribution in [1.29, 1.82) is 0 Å². The Bertz CT molecular complexity index is 294. The van der Waals surface area contributed by atoms with Gasteiger partial charge >= 0.3 is 0 Å². The second-order valence-electron chi connectivity index (χ2n) is 7.72. The molecule has 1 heterocycles. The summed E-state index contributed by atoms with van der Waals surface area (Å²) in [4.78, 5) is 2.82. The Hall–Kier alpha value is 0.270. The Kier molecular flexibility index (Phi) is 5.84. The van der Waals surface area contributed by atoms with Gasteiger partial charge in [0.15, 0.2) is 0 Å². The molecule has 1 saturated carbocycles. The van der Waals surface area contributed by atoms with E-state index < -0.39 is 0 Å². The lowest BCUT2D eigenvalue weighted by molar-refractivity contribution is 0.0702. The molecule has 0 bridgehead atoms. The molecule has 0 amide bonds. The van der Waals surface area contributed by atoms with Gasteiger partial charge in [-0.3, -0.25) is 4.90 Å². The highest BCUT2D eigenvalue weighted by Crippen LogP contribution is 2.44. The topological polar surface area (TPSA) is 15.3 Å². The maximum Gasteiger partial charge on any atom is 0.0284 e. The standard InChI is InChI=1S/C17H34N2S/c1-13(2)9-15-11-19(16(10-18-15)14(3)4)12-17(20-5)7-6-8-17/h13-16,18H,6-12H2,1-5H3. The maximum absolute atomic E-state index is 3.80. The zero-order valence-corrected chi connectivity index (χ0v) is 14.9. The van der Waals surface area contributed by atoms with E-state index >= 15 is 0 Å². The zero-order chi connectivity index (χ0) is 14.8. The van der Waals surface area contributed by atoms with Gasteiger partial charge in [0, 0.05) is 36.5 Å². The molecule has 2 unspecified atom stereocenters. The third-order valence-corrected chi connectivity index (χ3v) is 6.66. The van der Waals surface area contributed by atoms with Crippen LogP contribution in [0.2, 0.25) is 0 Å². The molecule has 2 rings (SSSR count). The summed E-state index contributed by atoms with van der Waals surface area (Å²) in [5.41, 5.74) is 0. The normalized spacial score (nSPS) is 30.8. The van der Waals surface area contributed by atoms with Crippen LogP contribution in [0.1, 0.15) is 53.4 Å². The number of hydrogen-bond acceptors (Lipinski definition) is 3. The summed E-state index contributed by atoms with van der Waals surface area (Å²) < 4.78 is 0.576. The van der Waals surface area contributed by atoms with E-state index in [9.17, 15) is 0 Å². The molecule has 1 aliphatic carbocycles. The lowest BCUT2D eigenvalue weighted by Crippen LogP contribution is -2.61. The van der Waals surface area contributed by atoms with Gasteiger partial charge < -0.3 is 5.32 Å². The molecule has 0 aromatic heterocycles. The van der Waals surface area contributed by atoms with Crippen LogP contribution in [0.4, 0.5) is 0 Å². The van der Waals surface area contributed by atoms with Gasteiger partial charge in [0.25, 0.3) is 0 Å². The van der Waals surface area contributed by atoms with E-state index in [1.54, 1.807) is 0 Å². The summed E-state index contributed by atoms with van der Waals surface area (Å²) in [6.45, 7) is 13.2. The lowest BCUT2D eigenvalue weighted by Gasteiger charge is -2.50. The Labute approximate surface area is 130 Å². The molecule has 0 radical (unpaired) electrons.